The molecule has 3 heterocycles. The Bertz CT molecular complexity index is 1430. The number of rotatable bonds is 11. The fourth-order valence-electron chi connectivity index (χ4n) is 5.48. The number of aromatic nitrogens is 1. The number of hydrogen-bond donors (Lipinski definition) is 1. The zero-order valence-corrected chi connectivity index (χ0v) is 23.0. The van der Waals surface area contributed by atoms with E-state index in [0.717, 1.165) is 11.1 Å². The first-order valence-electron chi connectivity index (χ1n) is 13.9. The van der Waals surface area contributed by atoms with Crippen molar-refractivity contribution in [3.05, 3.63) is 90.1 Å². The Hall–Kier alpha value is -4.31. The number of fused-ring (bicyclic) bond motifs is 2. The molecule has 9 nitrogen and oxygen atoms in total. The first-order valence-corrected chi connectivity index (χ1v) is 13.9. The van der Waals surface area contributed by atoms with Gasteiger partial charge in [0.2, 0.25) is 0 Å². The molecule has 2 bridgehead atoms. The molecule has 0 radical (unpaired) electrons. The van der Waals surface area contributed by atoms with E-state index in [1.54, 1.807) is 12.1 Å². The lowest BCUT2D eigenvalue weighted by atomic mass is 9.57. The van der Waals surface area contributed by atoms with Gasteiger partial charge in [0, 0.05) is 5.56 Å². The van der Waals surface area contributed by atoms with Gasteiger partial charge in [-0.2, -0.15) is 0 Å². The van der Waals surface area contributed by atoms with Gasteiger partial charge in [-0.25, -0.2) is 4.98 Å². The summed E-state index contributed by atoms with van der Waals surface area (Å²) in [7, 11) is 0. The van der Waals surface area contributed by atoms with Crippen LogP contribution in [-0.2, 0) is 34.8 Å². The Morgan fingerprint density at radius 2 is 1.66 bits per heavy atom. The van der Waals surface area contributed by atoms with Crippen LogP contribution in [0.5, 0.6) is 0 Å². The molecule has 212 valence electrons. The van der Waals surface area contributed by atoms with Gasteiger partial charge in [-0.3, -0.25) is 19.2 Å². The van der Waals surface area contributed by atoms with E-state index in [0.29, 0.717) is 12.1 Å². The Labute approximate surface area is 238 Å². The Kier molecular flexibility index (Phi) is 8.30. The fraction of sp³-hybridized carbons (Fsp3) is 0.323. The van der Waals surface area contributed by atoms with Crippen LogP contribution >= 0.6 is 0 Å². The summed E-state index contributed by atoms with van der Waals surface area (Å²) in [6, 6.07) is 23.1. The fourth-order valence-corrected chi connectivity index (χ4v) is 5.48. The summed E-state index contributed by atoms with van der Waals surface area (Å²) in [5.41, 5.74) is 2.53. The predicted molar refractivity (Wildman–Crippen MR) is 151 cm³/mol. The maximum Gasteiger partial charge on any atom is 0.499 e. The van der Waals surface area contributed by atoms with Crippen LogP contribution < -0.4 is 5.32 Å². The maximum absolute atomic E-state index is 13.9. The van der Waals surface area contributed by atoms with E-state index in [9.17, 15) is 19.2 Å². The van der Waals surface area contributed by atoms with Crippen molar-refractivity contribution in [3.63, 3.8) is 0 Å². The molecule has 4 atom stereocenters. The number of benzene rings is 2. The van der Waals surface area contributed by atoms with Crippen molar-refractivity contribution in [2.24, 2.45) is 5.92 Å². The van der Waals surface area contributed by atoms with E-state index < -0.39 is 42.6 Å². The zero-order chi connectivity index (χ0) is 29.0. The van der Waals surface area contributed by atoms with E-state index in [1.807, 2.05) is 80.6 Å². The van der Waals surface area contributed by atoms with Crippen molar-refractivity contribution in [3.8, 4) is 11.3 Å². The summed E-state index contributed by atoms with van der Waals surface area (Å²) in [5.74, 6) is -2.65. The minimum absolute atomic E-state index is 0.0816. The van der Waals surface area contributed by atoms with Gasteiger partial charge in [0.05, 0.1) is 18.2 Å². The molecule has 0 aliphatic carbocycles. The summed E-state index contributed by atoms with van der Waals surface area (Å²) in [6.07, 6.45) is -0.719. The molecule has 5 rings (SSSR count). The lowest BCUT2D eigenvalue weighted by Crippen LogP contribution is -2.53. The second kappa shape index (κ2) is 12.1. The number of pyridine rings is 1. The second-order valence-electron chi connectivity index (χ2n) is 11.0. The minimum atomic E-state index is -2.78. The largest absolute Gasteiger partial charge is 0.633 e. The van der Waals surface area contributed by atoms with E-state index in [4.69, 9.17) is 14.0 Å². The number of ketones is 1. The first kappa shape index (κ1) is 28.2. The van der Waals surface area contributed by atoms with Crippen LogP contribution in [0.15, 0.2) is 78.9 Å². The van der Waals surface area contributed by atoms with Crippen LogP contribution in [0.1, 0.15) is 49.2 Å². The topological polar surface area (TPSA) is 121 Å². The maximum atomic E-state index is 13.9. The molecule has 10 heteroatoms. The van der Waals surface area contributed by atoms with Gasteiger partial charge in [-0.15, -0.1) is 0 Å². The molecule has 1 N–H and O–H groups in total. The Balaban J connectivity index is 1.40. The average Bonchev–Trinajstić information content (AvgIpc) is 3.21. The van der Waals surface area contributed by atoms with Gasteiger partial charge in [-0.1, -0.05) is 92.8 Å². The monoisotopic (exact) mass is 555 g/mol. The summed E-state index contributed by atoms with van der Waals surface area (Å²) in [6.45, 7) is 1.13. The van der Waals surface area contributed by atoms with Crippen molar-refractivity contribution < 1.29 is 33.1 Å². The summed E-state index contributed by atoms with van der Waals surface area (Å²) >= 11 is 0. The molecule has 1 aromatic heterocycles. The molecular weight excluding hydrogens is 523 g/mol. The zero-order valence-electron chi connectivity index (χ0n) is 23.0. The molecule has 0 spiro atoms. The number of carbonyl (C=O) groups is 4. The normalized spacial score (nSPS) is 21.1. The molecule has 2 fully saturated rings. The molecule has 1 amide bonds. The quantitative estimate of drug-likeness (QED) is 0.348. The molecule has 41 heavy (non-hydrogen) atoms. The molecule has 2 unspecified atom stereocenters. The van der Waals surface area contributed by atoms with Crippen molar-refractivity contribution in [1.82, 2.24) is 10.3 Å². The molecule has 2 aliphatic heterocycles. The summed E-state index contributed by atoms with van der Waals surface area (Å²) in [5, 5.41) is 2.88. The third-order valence-electron chi connectivity index (χ3n) is 7.39. The third-order valence-corrected chi connectivity index (χ3v) is 7.39. The minimum Gasteiger partial charge on any atom is -0.633 e. The number of hydrogen-bond acceptors (Lipinski definition) is 8. The van der Waals surface area contributed by atoms with Crippen molar-refractivity contribution in [2.75, 3.05) is 0 Å². The van der Waals surface area contributed by atoms with Crippen LogP contribution in [0.25, 0.3) is 11.3 Å². The van der Waals surface area contributed by atoms with Gasteiger partial charge >= 0.3 is 6.75 Å². The van der Waals surface area contributed by atoms with Crippen LogP contribution in [0.4, 0.5) is 0 Å². The highest BCUT2D eigenvalue weighted by Crippen LogP contribution is 2.43. The van der Waals surface area contributed by atoms with Gasteiger partial charge in [0.15, 0.2) is 5.78 Å². The Morgan fingerprint density at radius 3 is 2.37 bits per heavy atom. The lowest BCUT2D eigenvalue weighted by Gasteiger charge is -2.43. The van der Waals surface area contributed by atoms with Gasteiger partial charge in [-0.05, 0) is 36.5 Å². The lowest BCUT2D eigenvalue weighted by molar-refractivity contribution is -0.145. The van der Waals surface area contributed by atoms with E-state index in [2.05, 4.69) is 10.3 Å². The SMILES string of the molecule is CC(C)CC(CC(=O)[C@H](Cc1ccccc1)NC(=O)c1cccc(-c2ccccc2)n1)[B-]12OC(=O)C[C@@H](O1)C(=O)O2. The third kappa shape index (κ3) is 6.54. The van der Waals surface area contributed by atoms with E-state index in [-0.39, 0.29) is 36.7 Å². The average molecular weight is 555 g/mol. The van der Waals surface area contributed by atoms with Crippen molar-refractivity contribution >= 4 is 30.4 Å². The molecule has 3 aromatic rings. The molecule has 2 aliphatic rings. The number of nitrogens with zero attached hydrogens (tertiary/aromatic N) is 1. The first-order chi connectivity index (χ1) is 19.7. The van der Waals surface area contributed by atoms with Gasteiger partial charge in [0.1, 0.15) is 11.8 Å². The second-order valence-corrected chi connectivity index (χ2v) is 11.0. The Morgan fingerprint density at radius 1 is 0.951 bits per heavy atom. The summed E-state index contributed by atoms with van der Waals surface area (Å²) < 4.78 is 16.9. The summed E-state index contributed by atoms with van der Waals surface area (Å²) in [4.78, 5) is 56.5. The van der Waals surface area contributed by atoms with E-state index in [1.165, 1.54) is 0 Å². The van der Waals surface area contributed by atoms with Crippen LogP contribution in [0.3, 0.4) is 0 Å². The molecule has 2 saturated heterocycles. The smallest absolute Gasteiger partial charge is 0.499 e. The van der Waals surface area contributed by atoms with Gasteiger partial charge in [0.25, 0.3) is 17.8 Å². The number of carbonyl (C=O) groups excluding carboxylic acids is 4. The highest BCUT2D eigenvalue weighted by atomic mass is 16.8. The number of nitrogens with one attached hydrogen (secondary N) is 1. The molecule has 2 aromatic carbocycles. The van der Waals surface area contributed by atoms with Gasteiger partial charge < -0.3 is 19.3 Å². The number of amides is 1. The van der Waals surface area contributed by atoms with Crippen LogP contribution in [-0.4, -0.2) is 47.5 Å². The van der Waals surface area contributed by atoms with Crippen molar-refractivity contribution in [2.45, 2.75) is 57.5 Å². The molecule has 0 saturated carbocycles. The van der Waals surface area contributed by atoms with Crippen LogP contribution in [0.2, 0.25) is 5.82 Å². The molecular formula is C31H32BN2O7-. The highest BCUT2D eigenvalue weighted by Gasteiger charge is 2.56. The van der Waals surface area contributed by atoms with E-state index >= 15 is 0 Å². The standard InChI is InChI=1S/C31H32BN2O7/c1-20(2)16-23(32-39-28(31(38)41-32)19-29(36)40-32)18-27(35)26(17-21-10-5-3-6-11-21)34-30(37)25-15-9-14-24(33-25)22-12-7-4-8-13-22/h3-15,20,23,26,28H,16-19H2,1-2H3,(H,34,37)/q-1/t23?,26-,28+,32?/m0/s1. The van der Waals surface area contributed by atoms with Crippen molar-refractivity contribution in [1.29, 1.82) is 0 Å². The van der Waals surface area contributed by atoms with Crippen LogP contribution in [0, 0.1) is 5.92 Å². The highest BCUT2D eigenvalue weighted by molar-refractivity contribution is 6.68. The predicted octanol–water partition coefficient (Wildman–Crippen LogP) is 4.29. The number of Topliss-reactive ketones (excluding diaryl/α,β-unsaturated/α-hetero) is 1.